The average molecular weight is 232 g/mol. The molecular formula is C11H15Cl2N. The van der Waals surface area contributed by atoms with Crippen molar-refractivity contribution in [3.63, 3.8) is 0 Å². The summed E-state index contributed by atoms with van der Waals surface area (Å²) in [5.41, 5.74) is 1.22. The van der Waals surface area contributed by atoms with Crippen LogP contribution in [0.2, 0.25) is 10.0 Å². The van der Waals surface area contributed by atoms with E-state index in [-0.39, 0.29) is 0 Å². The molecule has 0 aliphatic heterocycles. The smallest absolute Gasteiger partial charge is 0.0595 e. The summed E-state index contributed by atoms with van der Waals surface area (Å²) in [5, 5.41) is 4.60. The van der Waals surface area contributed by atoms with Gasteiger partial charge in [-0.2, -0.15) is 0 Å². The molecular weight excluding hydrogens is 217 g/mol. The molecule has 1 aromatic rings. The van der Waals surface area contributed by atoms with Crippen molar-refractivity contribution in [3.05, 3.63) is 33.8 Å². The van der Waals surface area contributed by atoms with Crippen LogP contribution in [0.5, 0.6) is 0 Å². The second-order valence-electron chi connectivity index (χ2n) is 3.41. The molecule has 1 rings (SSSR count). The van der Waals surface area contributed by atoms with E-state index in [1.165, 1.54) is 5.56 Å². The Bertz CT molecular complexity index is 299. The fourth-order valence-electron chi connectivity index (χ4n) is 1.44. The van der Waals surface area contributed by atoms with Gasteiger partial charge in [-0.15, -0.1) is 0 Å². The third-order valence-electron chi connectivity index (χ3n) is 2.08. The molecule has 0 saturated heterocycles. The highest BCUT2D eigenvalue weighted by Gasteiger charge is 2.03. The van der Waals surface area contributed by atoms with Gasteiger partial charge in [0.2, 0.25) is 0 Å². The highest BCUT2D eigenvalue weighted by molar-refractivity contribution is 6.42. The van der Waals surface area contributed by atoms with Gasteiger partial charge in [-0.25, -0.2) is 0 Å². The average Bonchev–Trinajstić information content (AvgIpc) is 2.12. The van der Waals surface area contributed by atoms with Crippen molar-refractivity contribution in [2.75, 3.05) is 6.54 Å². The van der Waals surface area contributed by atoms with Crippen LogP contribution in [0, 0.1) is 0 Å². The van der Waals surface area contributed by atoms with Crippen LogP contribution in [0.1, 0.15) is 19.4 Å². The molecule has 3 heteroatoms. The number of hydrogen-bond acceptors (Lipinski definition) is 1. The highest BCUT2D eigenvalue weighted by Crippen LogP contribution is 2.23. The number of likely N-dealkylation sites (N-methyl/N-ethyl adjacent to an activating group) is 1. The lowest BCUT2D eigenvalue weighted by atomic mass is 10.1. The SMILES string of the molecule is CCNC(C)Cc1ccc(Cl)c(Cl)c1. The Balaban J connectivity index is 2.63. The number of halogens is 2. The molecule has 78 valence electrons. The van der Waals surface area contributed by atoms with Crippen LogP contribution in [-0.2, 0) is 6.42 Å². The molecule has 1 atom stereocenters. The molecule has 0 aliphatic rings. The summed E-state index contributed by atoms with van der Waals surface area (Å²) in [6.45, 7) is 5.25. The molecule has 0 aliphatic carbocycles. The fraction of sp³-hybridized carbons (Fsp3) is 0.455. The van der Waals surface area contributed by atoms with Gasteiger partial charge in [0.1, 0.15) is 0 Å². The number of benzene rings is 1. The third-order valence-corrected chi connectivity index (χ3v) is 2.82. The molecule has 0 bridgehead atoms. The van der Waals surface area contributed by atoms with Gasteiger partial charge >= 0.3 is 0 Å². The number of hydrogen-bond donors (Lipinski definition) is 1. The molecule has 0 radical (unpaired) electrons. The summed E-state index contributed by atoms with van der Waals surface area (Å²) in [4.78, 5) is 0. The zero-order chi connectivity index (χ0) is 10.6. The maximum Gasteiger partial charge on any atom is 0.0595 e. The van der Waals surface area contributed by atoms with Crippen molar-refractivity contribution in [1.29, 1.82) is 0 Å². The van der Waals surface area contributed by atoms with Crippen LogP contribution in [0.15, 0.2) is 18.2 Å². The van der Waals surface area contributed by atoms with E-state index in [1.807, 2.05) is 18.2 Å². The van der Waals surface area contributed by atoms with Crippen LogP contribution in [0.25, 0.3) is 0 Å². The molecule has 1 nitrogen and oxygen atoms in total. The summed E-state index contributed by atoms with van der Waals surface area (Å²) < 4.78 is 0. The van der Waals surface area contributed by atoms with Gasteiger partial charge in [0.15, 0.2) is 0 Å². The van der Waals surface area contributed by atoms with Gasteiger partial charge in [-0.1, -0.05) is 36.2 Å². The van der Waals surface area contributed by atoms with Crippen molar-refractivity contribution in [3.8, 4) is 0 Å². The second kappa shape index (κ2) is 5.59. The Hall–Kier alpha value is -0.240. The lowest BCUT2D eigenvalue weighted by Crippen LogP contribution is -2.27. The second-order valence-corrected chi connectivity index (χ2v) is 4.23. The maximum atomic E-state index is 5.92. The van der Waals surface area contributed by atoms with Gasteiger partial charge in [0.25, 0.3) is 0 Å². The predicted molar refractivity (Wildman–Crippen MR) is 63.3 cm³/mol. The zero-order valence-electron chi connectivity index (χ0n) is 8.48. The Morgan fingerprint density at radius 2 is 2.00 bits per heavy atom. The van der Waals surface area contributed by atoms with Crippen molar-refractivity contribution in [2.45, 2.75) is 26.3 Å². The number of rotatable bonds is 4. The van der Waals surface area contributed by atoms with E-state index in [4.69, 9.17) is 23.2 Å². The first-order valence-corrected chi connectivity index (χ1v) is 5.56. The minimum absolute atomic E-state index is 0.470. The molecule has 1 N–H and O–H groups in total. The van der Waals surface area contributed by atoms with E-state index in [0.29, 0.717) is 16.1 Å². The van der Waals surface area contributed by atoms with Crippen LogP contribution < -0.4 is 5.32 Å². The van der Waals surface area contributed by atoms with Crippen LogP contribution in [-0.4, -0.2) is 12.6 Å². The predicted octanol–water partition coefficient (Wildman–Crippen LogP) is 3.53. The Morgan fingerprint density at radius 3 is 2.57 bits per heavy atom. The fourth-order valence-corrected chi connectivity index (χ4v) is 1.76. The molecule has 0 spiro atoms. The lowest BCUT2D eigenvalue weighted by molar-refractivity contribution is 0.565. The Morgan fingerprint density at radius 1 is 1.29 bits per heavy atom. The molecule has 1 aromatic carbocycles. The summed E-state index contributed by atoms with van der Waals surface area (Å²) in [6, 6.07) is 6.26. The van der Waals surface area contributed by atoms with E-state index in [0.717, 1.165) is 13.0 Å². The first-order valence-electron chi connectivity index (χ1n) is 4.80. The van der Waals surface area contributed by atoms with E-state index in [2.05, 4.69) is 19.2 Å². The molecule has 1 unspecified atom stereocenters. The molecule has 0 saturated carbocycles. The van der Waals surface area contributed by atoms with E-state index < -0.39 is 0 Å². The monoisotopic (exact) mass is 231 g/mol. The molecule has 0 fully saturated rings. The lowest BCUT2D eigenvalue weighted by Gasteiger charge is -2.12. The first-order chi connectivity index (χ1) is 6.63. The van der Waals surface area contributed by atoms with Gasteiger partial charge in [0, 0.05) is 6.04 Å². The van der Waals surface area contributed by atoms with Gasteiger partial charge in [0.05, 0.1) is 10.0 Å². The minimum Gasteiger partial charge on any atom is -0.314 e. The largest absolute Gasteiger partial charge is 0.314 e. The normalized spacial score (nSPS) is 12.9. The van der Waals surface area contributed by atoms with Gasteiger partial charge in [-0.3, -0.25) is 0 Å². The topological polar surface area (TPSA) is 12.0 Å². The highest BCUT2D eigenvalue weighted by atomic mass is 35.5. The summed E-state index contributed by atoms with van der Waals surface area (Å²) in [6.07, 6.45) is 0.977. The number of nitrogens with one attached hydrogen (secondary N) is 1. The summed E-state index contributed by atoms with van der Waals surface area (Å²) in [5.74, 6) is 0. The third kappa shape index (κ3) is 3.49. The van der Waals surface area contributed by atoms with Crippen molar-refractivity contribution in [2.24, 2.45) is 0 Å². The van der Waals surface area contributed by atoms with Crippen LogP contribution in [0.4, 0.5) is 0 Å². The summed E-state index contributed by atoms with van der Waals surface area (Å²) >= 11 is 11.8. The molecule has 0 heterocycles. The van der Waals surface area contributed by atoms with Crippen molar-refractivity contribution >= 4 is 23.2 Å². The molecule has 0 aromatic heterocycles. The van der Waals surface area contributed by atoms with Crippen LogP contribution >= 0.6 is 23.2 Å². The first kappa shape index (κ1) is 11.8. The summed E-state index contributed by atoms with van der Waals surface area (Å²) in [7, 11) is 0. The molecule has 0 amide bonds. The van der Waals surface area contributed by atoms with E-state index in [9.17, 15) is 0 Å². The Labute approximate surface area is 95.4 Å². The van der Waals surface area contributed by atoms with Gasteiger partial charge in [-0.05, 0) is 37.6 Å². The zero-order valence-corrected chi connectivity index (χ0v) is 9.99. The maximum absolute atomic E-state index is 5.92. The van der Waals surface area contributed by atoms with Crippen molar-refractivity contribution < 1.29 is 0 Å². The van der Waals surface area contributed by atoms with Gasteiger partial charge < -0.3 is 5.32 Å². The minimum atomic E-state index is 0.470. The van der Waals surface area contributed by atoms with E-state index in [1.54, 1.807) is 0 Å². The van der Waals surface area contributed by atoms with Crippen molar-refractivity contribution in [1.82, 2.24) is 5.32 Å². The standard InChI is InChI=1S/C11H15Cl2N/c1-3-14-8(2)6-9-4-5-10(12)11(13)7-9/h4-5,7-8,14H,3,6H2,1-2H3. The Kier molecular flexibility index (Phi) is 4.73. The quantitative estimate of drug-likeness (QED) is 0.837. The molecule has 14 heavy (non-hydrogen) atoms. The van der Waals surface area contributed by atoms with E-state index >= 15 is 0 Å². The van der Waals surface area contributed by atoms with Crippen LogP contribution in [0.3, 0.4) is 0 Å².